The maximum Gasteiger partial charge on any atom is 0.0636 e. The lowest BCUT2D eigenvalue weighted by atomic mass is 10.0. The lowest BCUT2D eigenvalue weighted by Crippen LogP contribution is -2.53. The Bertz CT molecular complexity index is 187. The molecule has 0 aromatic rings. The SMILES string of the molecule is CNC1CCOCC1N(C)CCCN(C)C. The van der Waals surface area contributed by atoms with E-state index >= 15 is 0 Å². The second kappa shape index (κ2) is 7.22. The van der Waals surface area contributed by atoms with Crippen LogP contribution in [-0.4, -0.2) is 76.4 Å². The number of rotatable bonds is 6. The minimum absolute atomic E-state index is 0.529. The van der Waals surface area contributed by atoms with Crippen LogP contribution in [0, 0.1) is 0 Å². The first kappa shape index (κ1) is 13.9. The number of nitrogens with zero attached hydrogens (tertiary/aromatic N) is 2. The summed E-state index contributed by atoms with van der Waals surface area (Å²) in [6.07, 6.45) is 2.34. The Balaban J connectivity index is 2.29. The van der Waals surface area contributed by atoms with Gasteiger partial charge in [0.15, 0.2) is 0 Å². The molecule has 4 heteroatoms. The zero-order valence-electron chi connectivity index (χ0n) is 11.2. The zero-order chi connectivity index (χ0) is 12.0. The average molecular weight is 229 g/mol. The molecule has 2 atom stereocenters. The van der Waals surface area contributed by atoms with Crippen LogP contribution in [0.25, 0.3) is 0 Å². The van der Waals surface area contributed by atoms with Gasteiger partial charge in [-0.15, -0.1) is 0 Å². The van der Waals surface area contributed by atoms with Crippen LogP contribution in [0.2, 0.25) is 0 Å². The van der Waals surface area contributed by atoms with Gasteiger partial charge in [0.05, 0.1) is 6.61 Å². The van der Waals surface area contributed by atoms with Crippen LogP contribution in [0.1, 0.15) is 12.8 Å². The van der Waals surface area contributed by atoms with Crippen molar-refractivity contribution in [2.45, 2.75) is 24.9 Å². The molecule has 1 fully saturated rings. The summed E-state index contributed by atoms with van der Waals surface area (Å²) in [6, 6.07) is 1.11. The topological polar surface area (TPSA) is 27.7 Å². The summed E-state index contributed by atoms with van der Waals surface area (Å²) in [4.78, 5) is 4.67. The van der Waals surface area contributed by atoms with Crippen LogP contribution >= 0.6 is 0 Å². The van der Waals surface area contributed by atoms with Crippen molar-refractivity contribution < 1.29 is 4.74 Å². The Morgan fingerprint density at radius 2 is 2.00 bits per heavy atom. The standard InChI is InChI=1S/C12H27N3O/c1-13-11-6-9-16-10-12(11)15(4)8-5-7-14(2)3/h11-13H,5-10H2,1-4H3. The normalized spacial score (nSPS) is 26.6. The van der Waals surface area contributed by atoms with Gasteiger partial charge in [0.25, 0.3) is 0 Å². The Kier molecular flexibility index (Phi) is 6.28. The molecular weight excluding hydrogens is 202 g/mol. The number of hydrogen-bond acceptors (Lipinski definition) is 4. The number of ether oxygens (including phenoxy) is 1. The van der Waals surface area contributed by atoms with E-state index in [1.54, 1.807) is 0 Å². The number of hydrogen-bond donors (Lipinski definition) is 1. The van der Waals surface area contributed by atoms with E-state index in [0.29, 0.717) is 12.1 Å². The molecule has 1 aliphatic rings. The summed E-state index contributed by atoms with van der Waals surface area (Å²) in [5.41, 5.74) is 0. The third kappa shape index (κ3) is 4.37. The molecule has 0 aromatic heterocycles. The molecule has 0 aliphatic carbocycles. The van der Waals surface area contributed by atoms with Crippen LogP contribution < -0.4 is 5.32 Å². The summed E-state index contributed by atoms with van der Waals surface area (Å²) in [5.74, 6) is 0. The van der Waals surface area contributed by atoms with E-state index in [4.69, 9.17) is 4.74 Å². The van der Waals surface area contributed by atoms with Crippen molar-refractivity contribution >= 4 is 0 Å². The number of likely N-dealkylation sites (N-methyl/N-ethyl adjacent to an activating group) is 2. The van der Waals surface area contributed by atoms with Gasteiger partial charge in [-0.2, -0.15) is 0 Å². The molecule has 2 unspecified atom stereocenters. The summed E-state index contributed by atoms with van der Waals surface area (Å²) in [5, 5.41) is 3.40. The van der Waals surface area contributed by atoms with Crippen molar-refractivity contribution in [2.75, 3.05) is 54.5 Å². The van der Waals surface area contributed by atoms with Crippen molar-refractivity contribution in [1.29, 1.82) is 0 Å². The molecule has 4 nitrogen and oxygen atoms in total. The van der Waals surface area contributed by atoms with Crippen molar-refractivity contribution in [3.63, 3.8) is 0 Å². The average Bonchev–Trinajstić information content (AvgIpc) is 2.28. The van der Waals surface area contributed by atoms with Crippen molar-refractivity contribution in [3.05, 3.63) is 0 Å². The van der Waals surface area contributed by atoms with Crippen LogP contribution in [0.5, 0.6) is 0 Å². The highest BCUT2D eigenvalue weighted by Crippen LogP contribution is 2.13. The molecule has 1 saturated heterocycles. The van der Waals surface area contributed by atoms with Crippen LogP contribution in [0.3, 0.4) is 0 Å². The molecule has 0 spiro atoms. The van der Waals surface area contributed by atoms with Gasteiger partial charge in [-0.25, -0.2) is 0 Å². The van der Waals surface area contributed by atoms with E-state index in [2.05, 4.69) is 43.3 Å². The Hall–Kier alpha value is -0.160. The van der Waals surface area contributed by atoms with Crippen molar-refractivity contribution in [2.24, 2.45) is 0 Å². The highest BCUT2D eigenvalue weighted by molar-refractivity contribution is 4.85. The monoisotopic (exact) mass is 229 g/mol. The first-order valence-corrected chi connectivity index (χ1v) is 6.25. The predicted octanol–water partition coefficient (Wildman–Crippen LogP) is 0.247. The fraction of sp³-hybridized carbons (Fsp3) is 1.00. The van der Waals surface area contributed by atoms with Crippen molar-refractivity contribution in [3.8, 4) is 0 Å². The van der Waals surface area contributed by atoms with Gasteiger partial charge in [0, 0.05) is 18.7 Å². The molecule has 1 heterocycles. The first-order chi connectivity index (χ1) is 7.65. The van der Waals surface area contributed by atoms with Gasteiger partial charge in [-0.3, -0.25) is 4.90 Å². The molecule has 1 aliphatic heterocycles. The van der Waals surface area contributed by atoms with Gasteiger partial charge >= 0.3 is 0 Å². The van der Waals surface area contributed by atoms with Crippen molar-refractivity contribution in [1.82, 2.24) is 15.1 Å². The molecule has 0 amide bonds. The number of nitrogens with one attached hydrogen (secondary N) is 1. The molecule has 1 rings (SSSR count). The summed E-state index contributed by atoms with van der Waals surface area (Å²) >= 11 is 0. The molecule has 16 heavy (non-hydrogen) atoms. The molecule has 0 bridgehead atoms. The van der Waals surface area contributed by atoms with Gasteiger partial charge in [0.1, 0.15) is 0 Å². The Labute approximate surface area is 99.9 Å². The fourth-order valence-corrected chi connectivity index (χ4v) is 2.30. The van der Waals surface area contributed by atoms with E-state index < -0.39 is 0 Å². The molecule has 1 N–H and O–H groups in total. The van der Waals surface area contributed by atoms with E-state index in [1.807, 2.05) is 0 Å². The second-order valence-electron chi connectivity index (χ2n) is 4.96. The quantitative estimate of drug-likeness (QED) is 0.706. The summed E-state index contributed by atoms with van der Waals surface area (Å²) < 4.78 is 5.57. The fourth-order valence-electron chi connectivity index (χ4n) is 2.30. The minimum Gasteiger partial charge on any atom is -0.380 e. The highest BCUT2D eigenvalue weighted by Gasteiger charge is 2.27. The van der Waals surface area contributed by atoms with Gasteiger partial charge in [-0.1, -0.05) is 0 Å². The van der Waals surface area contributed by atoms with Crippen LogP contribution in [0.4, 0.5) is 0 Å². The van der Waals surface area contributed by atoms with Gasteiger partial charge in [0.2, 0.25) is 0 Å². The zero-order valence-corrected chi connectivity index (χ0v) is 11.2. The van der Waals surface area contributed by atoms with Crippen LogP contribution in [-0.2, 0) is 4.74 Å². The lowest BCUT2D eigenvalue weighted by Gasteiger charge is -2.37. The van der Waals surface area contributed by atoms with E-state index in [0.717, 1.165) is 32.7 Å². The maximum atomic E-state index is 5.57. The molecule has 96 valence electrons. The second-order valence-corrected chi connectivity index (χ2v) is 4.96. The molecule has 0 saturated carbocycles. The molecule has 0 radical (unpaired) electrons. The molecular formula is C12H27N3O. The lowest BCUT2D eigenvalue weighted by molar-refractivity contribution is 0.00717. The van der Waals surface area contributed by atoms with E-state index in [9.17, 15) is 0 Å². The predicted molar refractivity (Wildman–Crippen MR) is 67.9 cm³/mol. The van der Waals surface area contributed by atoms with Gasteiger partial charge in [-0.05, 0) is 54.1 Å². The third-order valence-electron chi connectivity index (χ3n) is 3.38. The maximum absolute atomic E-state index is 5.57. The largest absolute Gasteiger partial charge is 0.380 e. The van der Waals surface area contributed by atoms with Gasteiger partial charge < -0.3 is 15.0 Å². The summed E-state index contributed by atoms with van der Waals surface area (Å²) in [6.45, 7) is 4.06. The van der Waals surface area contributed by atoms with E-state index in [1.165, 1.54) is 6.42 Å². The van der Waals surface area contributed by atoms with E-state index in [-0.39, 0.29) is 0 Å². The first-order valence-electron chi connectivity index (χ1n) is 6.25. The summed E-state index contributed by atoms with van der Waals surface area (Å²) in [7, 11) is 8.51. The third-order valence-corrected chi connectivity index (χ3v) is 3.38. The Morgan fingerprint density at radius 3 is 2.62 bits per heavy atom. The Morgan fingerprint density at radius 1 is 1.25 bits per heavy atom. The smallest absolute Gasteiger partial charge is 0.0636 e. The molecule has 0 aromatic carbocycles. The van der Waals surface area contributed by atoms with Crippen LogP contribution in [0.15, 0.2) is 0 Å². The highest BCUT2D eigenvalue weighted by atomic mass is 16.5. The minimum atomic E-state index is 0.529.